The topological polar surface area (TPSA) is 55.9 Å². The van der Waals surface area contributed by atoms with Crippen molar-refractivity contribution in [1.29, 1.82) is 0 Å². The number of piperazine rings is 1. The molecule has 0 aliphatic carbocycles. The second-order valence-corrected chi connectivity index (χ2v) is 11.0. The fourth-order valence-electron chi connectivity index (χ4n) is 4.72. The van der Waals surface area contributed by atoms with Crippen LogP contribution in [0.4, 0.5) is 0 Å². The van der Waals surface area contributed by atoms with Crippen molar-refractivity contribution >= 4 is 21.4 Å². The summed E-state index contributed by atoms with van der Waals surface area (Å²) in [4.78, 5) is 7.56. The summed E-state index contributed by atoms with van der Waals surface area (Å²) < 4.78 is 28.0. The Labute approximate surface area is 161 Å². The van der Waals surface area contributed by atoms with E-state index in [9.17, 15) is 8.42 Å². The minimum Gasteiger partial charge on any atom is -0.304 e. The zero-order chi connectivity index (χ0) is 18.1. The number of rotatable bonds is 6. The summed E-state index contributed by atoms with van der Waals surface area (Å²) in [5.74, 6) is 1.49. The molecular weight excluding hydrogens is 368 g/mol. The van der Waals surface area contributed by atoms with Gasteiger partial charge in [0.2, 0.25) is 10.0 Å². The standard InChI is InChI=1S/C18H30N4O2S2/c1-20-6-8-21(9-7-20)13-16-14-22-5-4-15(16)11-17(22)12-19-26(23,24)18-3-2-10-25-18/h2-3,10,15-17,19H,4-9,11-14H2,1H3. The molecule has 8 heteroatoms. The molecule has 0 aromatic carbocycles. The largest absolute Gasteiger partial charge is 0.304 e. The highest BCUT2D eigenvalue weighted by atomic mass is 32.2. The van der Waals surface area contributed by atoms with Gasteiger partial charge in [0.15, 0.2) is 0 Å². The van der Waals surface area contributed by atoms with Crippen molar-refractivity contribution in [3.8, 4) is 0 Å². The van der Waals surface area contributed by atoms with Gasteiger partial charge < -0.3 is 9.80 Å². The minimum absolute atomic E-state index is 0.354. The Bertz CT molecular complexity index is 686. The molecule has 146 valence electrons. The Morgan fingerprint density at radius 3 is 2.69 bits per heavy atom. The first-order valence-electron chi connectivity index (χ1n) is 9.69. The molecule has 4 aliphatic rings. The highest BCUT2D eigenvalue weighted by molar-refractivity contribution is 7.91. The minimum atomic E-state index is -3.35. The predicted molar refractivity (Wildman–Crippen MR) is 105 cm³/mol. The Morgan fingerprint density at radius 2 is 2.04 bits per heavy atom. The molecule has 4 fully saturated rings. The molecule has 5 heterocycles. The molecule has 1 aromatic heterocycles. The van der Waals surface area contributed by atoms with Gasteiger partial charge >= 0.3 is 0 Å². The van der Waals surface area contributed by atoms with Gasteiger partial charge in [0.1, 0.15) is 4.21 Å². The van der Waals surface area contributed by atoms with Crippen molar-refractivity contribution in [2.75, 3.05) is 59.4 Å². The molecule has 4 aliphatic heterocycles. The van der Waals surface area contributed by atoms with Crippen LogP contribution in [-0.4, -0.2) is 88.6 Å². The van der Waals surface area contributed by atoms with Crippen molar-refractivity contribution in [3.63, 3.8) is 0 Å². The Kier molecular flexibility index (Phi) is 5.69. The molecule has 1 N–H and O–H groups in total. The smallest absolute Gasteiger partial charge is 0.250 e. The van der Waals surface area contributed by atoms with Crippen molar-refractivity contribution in [2.24, 2.45) is 11.8 Å². The number of piperidine rings is 3. The summed E-state index contributed by atoms with van der Waals surface area (Å²) in [5.41, 5.74) is 0. The first kappa shape index (κ1) is 18.8. The number of hydrogen-bond donors (Lipinski definition) is 1. The summed E-state index contributed by atoms with van der Waals surface area (Å²) in [7, 11) is -1.14. The number of sulfonamides is 1. The molecule has 1 aromatic rings. The summed E-state index contributed by atoms with van der Waals surface area (Å²) in [6, 6.07) is 3.81. The molecule has 4 atom stereocenters. The monoisotopic (exact) mass is 398 g/mol. The number of fused-ring (bicyclic) bond motifs is 3. The van der Waals surface area contributed by atoms with E-state index in [4.69, 9.17) is 0 Å². The Morgan fingerprint density at radius 1 is 1.23 bits per heavy atom. The van der Waals surface area contributed by atoms with Crippen molar-refractivity contribution in [2.45, 2.75) is 23.1 Å². The third-order valence-corrected chi connectivity index (χ3v) is 9.19. The lowest BCUT2D eigenvalue weighted by Gasteiger charge is -2.51. The van der Waals surface area contributed by atoms with Crippen LogP contribution in [0.15, 0.2) is 21.7 Å². The van der Waals surface area contributed by atoms with Gasteiger partial charge in [-0.2, -0.15) is 0 Å². The maximum Gasteiger partial charge on any atom is 0.250 e. The first-order valence-corrected chi connectivity index (χ1v) is 12.1. The Balaban J connectivity index is 1.30. The summed E-state index contributed by atoms with van der Waals surface area (Å²) in [6.45, 7) is 8.72. The summed E-state index contributed by atoms with van der Waals surface area (Å²) in [5, 5.41) is 1.81. The van der Waals surface area contributed by atoms with Crippen LogP contribution in [0, 0.1) is 11.8 Å². The van der Waals surface area contributed by atoms with E-state index in [1.165, 1.54) is 50.5 Å². The van der Waals surface area contributed by atoms with Crippen LogP contribution in [-0.2, 0) is 10.0 Å². The SMILES string of the molecule is CN1CCN(CC2CN3CCC2CC3CNS(=O)(=O)c2cccs2)CC1. The van der Waals surface area contributed by atoms with E-state index in [0.29, 0.717) is 16.8 Å². The van der Waals surface area contributed by atoms with Gasteiger partial charge in [0.05, 0.1) is 0 Å². The van der Waals surface area contributed by atoms with E-state index in [0.717, 1.165) is 31.3 Å². The number of nitrogens with one attached hydrogen (secondary N) is 1. The molecule has 5 rings (SSSR count). The predicted octanol–water partition coefficient (Wildman–Crippen LogP) is 0.984. The first-order chi connectivity index (χ1) is 12.5. The lowest BCUT2D eigenvalue weighted by atomic mass is 9.75. The van der Waals surface area contributed by atoms with Gasteiger partial charge in [-0.3, -0.25) is 4.90 Å². The quantitative estimate of drug-likeness (QED) is 0.774. The van der Waals surface area contributed by atoms with Crippen LogP contribution in [0.1, 0.15) is 12.8 Å². The maximum atomic E-state index is 12.4. The lowest BCUT2D eigenvalue weighted by molar-refractivity contribution is -0.0149. The fraction of sp³-hybridized carbons (Fsp3) is 0.778. The van der Waals surface area contributed by atoms with Crippen molar-refractivity contribution in [3.05, 3.63) is 17.5 Å². The van der Waals surface area contributed by atoms with E-state index >= 15 is 0 Å². The molecular formula is C18H30N4O2S2. The van der Waals surface area contributed by atoms with Crippen molar-refractivity contribution < 1.29 is 8.42 Å². The van der Waals surface area contributed by atoms with E-state index in [-0.39, 0.29) is 0 Å². The summed E-state index contributed by atoms with van der Waals surface area (Å²) in [6.07, 6.45) is 2.40. The third kappa shape index (κ3) is 4.15. The number of nitrogens with zero attached hydrogens (tertiary/aromatic N) is 3. The molecule has 26 heavy (non-hydrogen) atoms. The normalized spacial score (nSPS) is 33.6. The molecule has 0 saturated carbocycles. The van der Waals surface area contributed by atoms with Crippen LogP contribution < -0.4 is 4.72 Å². The second kappa shape index (κ2) is 7.85. The average Bonchev–Trinajstić information content (AvgIpc) is 3.19. The van der Waals surface area contributed by atoms with E-state index in [2.05, 4.69) is 26.5 Å². The van der Waals surface area contributed by atoms with Crippen LogP contribution in [0.25, 0.3) is 0 Å². The number of likely N-dealkylation sites (N-methyl/N-ethyl adjacent to an activating group) is 1. The van der Waals surface area contributed by atoms with Gasteiger partial charge in [0, 0.05) is 51.9 Å². The zero-order valence-electron chi connectivity index (χ0n) is 15.5. The lowest BCUT2D eigenvalue weighted by Crippen LogP contribution is -2.59. The van der Waals surface area contributed by atoms with Crippen LogP contribution in [0.2, 0.25) is 0 Å². The zero-order valence-corrected chi connectivity index (χ0v) is 17.1. The summed E-state index contributed by atoms with van der Waals surface area (Å²) >= 11 is 1.28. The number of hydrogen-bond acceptors (Lipinski definition) is 6. The third-order valence-electron chi connectivity index (χ3n) is 6.37. The highest BCUT2D eigenvalue weighted by Crippen LogP contribution is 2.36. The van der Waals surface area contributed by atoms with E-state index in [1.807, 2.05) is 5.38 Å². The van der Waals surface area contributed by atoms with Gasteiger partial charge in [-0.05, 0) is 49.7 Å². The van der Waals surface area contributed by atoms with Crippen molar-refractivity contribution in [1.82, 2.24) is 19.4 Å². The molecule has 2 bridgehead atoms. The van der Waals surface area contributed by atoms with Gasteiger partial charge in [-0.1, -0.05) is 6.07 Å². The molecule has 4 saturated heterocycles. The van der Waals surface area contributed by atoms with Crippen LogP contribution in [0.3, 0.4) is 0 Å². The van der Waals surface area contributed by atoms with Crippen LogP contribution >= 0.6 is 11.3 Å². The molecule has 4 unspecified atom stereocenters. The molecule has 0 radical (unpaired) electrons. The number of thiophene rings is 1. The fourth-order valence-corrected chi connectivity index (χ4v) is 6.83. The molecule has 0 spiro atoms. The second-order valence-electron chi connectivity index (χ2n) is 8.08. The van der Waals surface area contributed by atoms with Gasteiger partial charge in [-0.25, -0.2) is 13.1 Å². The molecule has 0 amide bonds. The van der Waals surface area contributed by atoms with Crippen LogP contribution in [0.5, 0.6) is 0 Å². The van der Waals surface area contributed by atoms with Gasteiger partial charge in [0.25, 0.3) is 0 Å². The Hall–Kier alpha value is -0.510. The molecule has 6 nitrogen and oxygen atoms in total. The van der Waals surface area contributed by atoms with E-state index in [1.54, 1.807) is 12.1 Å². The van der Waals surface area contributed by atoms with Gasteiger partial charge in [-0.15, -0.1) is 11.3 Å². The average molecular weight is 399 g/mol. The van der Waals surface area contributed by atoms with E-state index < -0.39 is 10.0 Å². The highest BCUT2D eigenvalue weighted by Gasteiger charge is 2.40. The maximum absolute atomic E-state index is 12.4.